The summed E-state index contributed by atoms with van der Waals surface area (Å²) >= 11 is 3.86. The molecule has 236 valence electrons. The van der Waals surface area contributed by atoms with Crippen molar-refractivity contribution in [2.75, 3.05) is 0 Å². The molecule has 0 fully saturated rings. The summed E-state index contributed by atoms with van der Waals surface area (Å²) in [5.74, 6) is 0. The summed E-state index contributed by atoms with van der Waals surface area (Å²) in [4.78, 5) is 0. The summed E-state index contributed by atoms with van der Waals surface area (Å²) in [7, 11) is 0. The molecule has 0 aliphatic heterocycles. The van der Waals surface area contributed by atoms with Gasteiger partial charge >= 0.3 is 0 Å². The first-order valence-corrected chi connectivity index (χ1v) is 19.0. The zero-order valence-electron chi connectivity index (χ0n) is 27.2. The molecule has 9 aromatic carbocycles. The molecule has 3 heteroatoms. The summed E-state index contributed by atoms with van der Waals surface area (Å²) in [5, 5.41) is 15.4. The highest BCUT2D eigenvalue weighted by Crippen LogP contribution is 2.50. The molecule has 3 aromatic heterocycles. The van der Waals surface area contributed by atoms with Gasteiger partial charge in [-0.25, -0.2) is 0 Å². The summed E-state index contributed by atoms with van der Waals surface area (Å²) in [6.07, 6.45) is 0. The van der Waals surface area contributed by atoms with Crippen LogP contribution in [0.25, 0.3) is 117 Å². The van der Waals surface area contributed by atoms with Gasteiger partial charge in [0.2, 0.25) is 0 Å². The molecular weight excluding hydrogens is 657 g/mol. The van der Waals surface area contributed by atoms with E-state index in [2.05, 4.69) is 152 Å². The highest BCUT2D eigenvalue weighted by atomic mass is 32.1. The number of fused-ring (bicyclic) bond motifs is 14. The van der Waals surface area contributed by atoms with Crippen molar-refractivity contribution in [2.45, 2.75) is 0 Å². The van der Waals surface area contributed by atoms with E-state index < -0.39 is 0 Å². The Morgan fingerprint density at radius 2 is 0.980 bits per heavy atom. The minimum Gasteiger partial charge on any atom is -0.456 e. The normalized spacial score (nSPS) is 12.3. The molecule has 51 heavy (non-hydrogen) atoms. The van der Waals surface area contributed by atoms with Gasteiger partial charge in [-0.3, -0.25) is 0 Å². The molecule has 0 spiro atoms. The highest BCUT2D eigenvalue weighted by Gasteiger charge is 2.21. The molecule has 0 unspecified atom stereocenters. The Morgan fingerprint density at radius 1 is 0.353 bits per heavy atom. The average molecular weight is 683 g/mol. The van der Waals surface area contributed by atoms with Crippen molar-refractivity contribution in [3.8, 4) is 22.3 Å². The van der Waals surface area contributed by atoms with Crippen molar-refractivity contribution in [1.29, 1.82) is 0 Å². The van der Waals surface area contributed by atoms with E-state index in [0.717, 1.165) is 16.6 Å². The van der Waals surface area contributed by atoms with Gasteiger partial charge in [0.15, 0.2) is 0 Å². The van der Waals surface area contributed by atoms with Crippen LogP contribution in [-0.2, 0) is 0 Å². The van der Waals surface area contributed by atoms with E-state index in [1.54, 1.807) is 0 Å². The van der Waals surface area contributed by atoms with Gasteiger partial charge < -0.3 is 4.42 Å². The molecule has 0 bridgehead atoms. The number of furan rings is 1. The van der Waals surface area contributed by atoms with E-state index in [4.69, 9.17) is 4.42 Å². The zero-order valence-corrected chi connectivity index (χ0v) is 28.9. The SMILES string of the molecule is c1ccc2c(c1)ccc1c3ccc4sc5cc(-c6c7ccccc7c(-c7cccc8oc9ccccc9c78)c7ccccc67)ccc5c4c3sc21. The molecule has 3 heterocycles. The van der Waals surface area contributed by atoms with Crippen LogP contribution in [0.2, 0.25) is 0 Å². The Bertz CT molecular complexity index is 3370. The molecular formula is C48H26OS2. The molecule has 0 saturated heterocycles. The van der Waals surface area contributed by atoms with E-state index in [1.807, 2.05) is 28.7 Å². The fourth-order valence-corrected chi connectivity index (χ4v) is 11.3. The lowest BCUT2D eigenvalue weighted by atomic mass is 9.85. The topological polar surface area (TPSA) is 13.1 Å². The fourth-order valence-electron chi connectivity index (χ4n) is 8.69. The van der Waals surface area contributed by atoms with Crippen molar-refractivity contribution in [1.82, 2.24) is 0 Å². The van der Waals surface area contributed by atoms with E-state index in [1.165, 1.54) is 100 Å². The van der Waals surface area contributed by atoms with Crippen LogP contribution >= 0.6 is 22.7 Å². The van der Waals surface area contributed by atoms with Gasteiger partial charge in [-0.15, -0.1) is 22.7 Å². The van der Waals surface area contributed by atoms with Crippen molar-refractivity contribution in [3.63, 3.8) is 0 Å². The summed E-state index contributed by atoms with van der Waals surface area (Å²) in [6, 6.07) is 58.0. The van der Waals surface area contributed by atoms with Crippen molar-refractivity contribution in [3.05, 3.63) is 158 Å². The Morgan fingerprint density at radius 3 is 1.78 bits per heavy atom. The summed E-state index contributed by atoms with van der Waals surface area (Å²) in [5.41, 5.74) is 6.83. The van der Waals surface area contributed by atoms with Gasteiger partial charge in [-0.05, 0) is 78.8 Å². The van der Waals surface area contributed by atoms with Gasteiger partial charge in [-0.1, -0.05) is 133 Å². The molecule has 0 saturated carbocycles. The minimum absolute atomic E-state index is 0.919. The van der Waals surface area contributed by atoms with Gasteiger partial charge in [0.05, 0.1) is 0 Å². The van der Waals surface area contributed by atoms with Gasteiger partial charge in [-0.2, -0.15) is 0 Å². The number of para-hydroxylation sites is 1. The minimum atomic E-state index is 0.919. The zero-order chi connectivity index (χ0) is 33.2. The summed E-state index contributed by atoms with van der Waals surface area (Å²) in [6.45, 7) is 0. The van der Waals surface area contributed by atoms with Gasteiger partial charge in [0.1, 0.15) is 11.2 Å². The first-order valence-electron chi connectivity index (χ1n) is 17.3. The number of rotatable bonds is 2. The third kappa shape index (κ3) is 3.80. The molecule has 0 radical (unpaired) electrons. The van der Waals surface area contributed by atoms with Gasteiger partial charge in [0, 0.05) is 51.1 Å². The highest BCUT2D eigenvalue weighted by molar-refractivity contribution is 7.30. The van der Waals surface area contributed by atoms with Gasteiger partial charge in [0.25, 0.3) is 0 Å². The Kier molecular flexibility index (Phi) is 5.59. The maximum atomic E-state index is 6.36. The van der Waals surface area contributed by atoms with E-state index in [9.17, 15) is 0 Å². The standard InChI is InChI=1S/C48H26OS2/c1-2-11-29-27(10-1)20-22-34-35-24-25-41-46(48(35)51-47(29)34)37-23-21-28(26-42(37)50-41)43-30-12-3-5-14-32(30)44(33-15-6-4-13-31(33)43)38-17-9-19-40-45(38)36-16-7-8-18-39(36)49-40/h1-26H. The Labute approximate surface area is 300 Å². The molecule has 0 N–H and O–H groups in total. The second-order valence-electron chi connectivity index (χ2n) is 13.5. The Hall–Kier alpha value is -6.00. The molecule has 0 aliphatic rings. The first kappa shape index (κ1) is 27.8. The number of benzene rings is 9. The molecule has 12 rings (SSSR count). The van der Waals surface area contributed by atoms with E-state index in [0.29, 0.717) is 0 Å². The molecule has 0 aliphatic carbocycles. The molecule has 1 nitrogen and oxygen atoms in total. The fraction of sp³-hybridized carbons (Fsp3) is 0. The van der Waals surface area contributed by atoms with Crippen LogP contribution in [0.3, 0.4) is 0 Å². The lowest BCUT2D eigenvalue weighted by Crippen LogP contribution is -1.91. The smallest absolute Gasteiger partial charge is 0.136 e. The maximum absolute atomic E-state index is 6.36. The molecule has 0 amide bonds. The quantitative estimate of drug-likeness (QED) is 0.165. The lowest BCUT2D eigenvalue weighted by molar-refractivity contribution is 0.669. The molecule has 12 aromatic rings. The maximum Gasteiger partial charge on any atom is 0.136 e. The predicted octanol–water partition coefficient (Wildman–Crippen LogP) is 15.1. The molecule has 0 atom stereocenters. The van der Waals surface area contributed by atoms with Crippen molar-refractivity contribution in [2.24, 2.45) is 0 Å². The van der Waals surface area contributed by atoms with Crippen molar-refractivity contribution < 1.29 is 4.42 Å². The number of hydrogen-bond acceptors (Lipinski definition) is 3. The third-order valence-corrected chi connectivity index (χ3v) is 13.2. The number of thiophene rings is 2. The van der Waals surface area contributed by atoms with Crippen molar-refractivity contribution >= 4 is 117 Å². The van der Waals surface area contributed by atoms with E-state index in [-0.39, 0.29) is 0 Å². The van der Waals surface area contributed by atoms with E-state index >= 15 is 0 Å². The second-order valence-corrected chi connectivity index (χ2v) is 15.6. The van der Waals surface area contributed by atoms with Crippen LogP contribution < -0.4 is 0 Å². The van der Waals surface area contributed by atoms with Crippen LogP contribution in [0.15, 0.2) is 162 Å². The van der Waals surface area contributed by atoms with Crippen LogP contribution in [0, 0.1) is 0 Å². The van der Waals surface area contributed by atoms with Crippen LogP contribution in [0.4, 0.5) is 0 Å². The van der Waals surface area contributed by atoms with Crippen LogP contribution in [0.5, 0.6) is 0 Å². The predicted molar refractivity (Wildman–Crippen MR) is 223 cm³/mol. The third-order valence-electron chi connectivity index (χ3n) is 10.9. The lowest BCUT2D eigenvalue weighted by Gasteiger charge is -2.18. The largest absolute Gasteiger partial charge is 0.456 e. The number of hydrogen-bond donors (Lipinski definition) is 0. The average Bonchev–Trinajstić information content (AvgIpc) is 3.88. The van der Waals surface area contributed by atoms with Crippen LogP contribution in [0.1, 0.15) is 0 Å². The second kappa shape index (κ2) is 10.3. The first-order chi connectivity index (χ1) is 25.3. The Balaban J connectivity index is 1.13. The summed E-state index contributed by atoms with van der Waals surface area (Å²) < 4.78 is 11.8. The monoisotopic (exact) mass is 682 g/mol. The van der Waals surface area contributed by atoms with Crippen LogP contribution in [-0.4, -0.2) is 0 Å².